The van der Waals surface area contributed by atoms with Gasteiger partial charge in [0.05, 0.1) is 0 Å². The van der Waals surface area contributed by atoms with Gasteiger partial charge in [-0.3, -0.25) is 0 Å². The fourth-order valence-corrected chi connectivity index (χ4v) is 2.13. The summed E-state index contributed by atoms with van der Waals surface area (Å²) in [6, 6.07) is 34.7. The van der Waals surface area contributed by atoms with Crippen LogP contribution in [0.25, 0.3) is 0 Å². The molecule has 0 saturated carbocycles. The van der Waals surface area contributed by atoms with Crippen LogP contribution in [0.15, 0.2) is 88.7 Å². The van der Waals surface area contributed by atoms with Gasteiger partial charge in [0, 0.05) is 0 Å². The van der Waals surface area contributed by atoms with Crippen LogP contribution in [0.2, 0.25) is 0 Å². The molecule has 0 nitrogen and oxygen atoms in total. The van der Waals surface area contributed by atoms with Crippen molar-refractivity contribution >= 4 is 11.8 Å². The van der Waals surface area contributed by atoms with E-state index < -0.39 is 0 Å². The Labute approximate surface area is 150 Å². The van der Waals surface area contributed by atoms with Crippen molar-refractivity contribution in [3.8, 4) is 0 Å². The molecule has 0 bridgehead atoms. The second-order valence-electron chi connectivity index (χ2n) is 3.63. The summed E-state index contributed by atoms with van der Waals surface area (Å²) >= 11 is 1.68. The van der Waals surface area contributed by atoms with Gasteiger partial charge in [0.1, 0.15) is 0 Å². The predicted octanol–water partition coefficient (Wildman–Crippen LogP) is 4.92. The zero-order chi connectivity index (χ0) is 13.2. The van der Waals surface area contributed by atoms with E-state index in [0.717, 1.165) is 9.79 Å². The average molecular weight is 350 g/mol. The molecule has 0 amide bonds. The molecule has 0 aliphatic heterocycles. The molecule has 2 heteroatoms. The van der Waals surface area contributed by atoms with Crippen LogP contribution in [0.4, 0.5) is 0 Å². The van der Waals surface area contributed by atoms with Crippen LogP contribution in [0.5, 0.6) is 0 Å². The summed E-state index contributed by atoms with van der Waals surface area (Å²) in [5.74, 6) is 0. The van der Waals surface area contributed by atoms with E-state index in [4.69, 9.17) is 0 Å². The van der Waals surface area contributed by atoms with E-state index in [1.165, 1.54) is 0 Å². The molecule has 0 fully saturated rings. The van der Waals surface area contributed by atoms with Crippen molar-refractivity contribution in [3.63, 3.8) is 0 Å². The summed E-state index contributed by atoms with van der Waals surface area (Å²) in [4.78, 5) is 2.26. The van der Waals surface area contributed by atoms with Gasteiger partial charge in [0.2, 0.25) is 0 Å². The zero-order valence-corrected chi connectivity index (χ0v) is 14.6. The molecule has 0 spiro atoms. The molecular formula is C18H13SY. The Hall–Kier alpha value is -0.886. The second-order valence-corrected chi connectivity index (χ2v) is 4.72. The van der Waals surface area contributed by atoms with Crippen LogP contribution in [0.1, 0.15) is 0 Å². The molecule has 0 radical (unpaired) electrons. The fourth-order valence-electron chi connectivity index (χ4n) is 1.34. The van der Waals surface area contributed by atoms with Crippen LogP contribution in [-0.2, 0) is 32.7 Å². The Morgan fingerprint density at radius 3 is 1.40 bits per heavy atom. The summed E-state index contributed by atoms with van der Waals surface area (Å²) < 4.78 is 0. The summed E-state index contributed by atoms with van der Waals surface area (Å²) in [5, 5.41) is 0. The van der Waals surface area contributed by atoms with E-state index in [1.807, 2.05) is 78.9 Å². The third kappa shape index (κ3) is 7.05. The minimum absolute atomic E-state index is 0. The van der Waals surface area contributed by atoms with Gasteiger partial charge in [-0.1, -0.05) is 0 Å². The van der Waals surface area contributed by atoms with E-state index >= 15 is 0 Å². The van der Waals surface area contributed by atoms with Gasteiger partial charge in [-0.15, -0.1) is 21.6 Å². The van der Waals surface area contributed by atoms with Crippen molar-refractivity contribution in [3.05, 3.63) is 97.1 Å². The first-order chi connectivity index (χ1) is 9.45. The second kappa shape index (κ2) is 10.8. The third-order valence-electron chi connectivity index (χ3n) is 2.19. The molecule has 3 rings (SSSR count). The molecule has 0 aliphatic rings. The molecule has 0 atom stereocenters. The molecule has 0 aliphatic carbocycles. The van der Waals surface area contributed by atoms with Gasteiger partial charge in [-0.2, -0.15) is 97.1 Å². The summed E-state index contributed by atoms with van der Waals surface area (Å²) in [6.07, 6.45) is 0. The van der Waals surface area contributed by atoms with Crippen LogP contribution in [0, 0.1) is 18.2 Å². The molecule has 0 heterocycles. The minimum Gasteiger partial charge on any atom is -0.184 e. The maximum atomic E-state index is 3.16. The van der Waals surface area contributed by atoms with E-state index in [-0.39, 0.29) is 32.7 Å². The topological polar surface area (TPSA) is 0 Å². The number of hydrogen-bond donors (Lipinski definition) is 0. The van der Waals surface area contributed by atoms with E-state index in [0.29, 0.717) is 0 Å². The molecular weight excluding hydrogens is 337 g/mol. The number of benzene rings is 3. The standard InChI is InChI=1S/C12H8S.C6H5.Y/c1-3-7-11(8-4-1)13-12-9-5-2-6-10-12;1-2-4-6-5-3-1;/h1-7,9H;1-5H;/q-2;-1;+3. The first-order valence-corrected chi connectivity index (χ1v) is 6.79. The number of rotatable bonds is 2. The molecule has 20 heavy (non-hydrogen) atoms. The van der Waals surface area contributed by atoms with Crippen molar-refractivity contribution in [1.82, 2.24) is 0 Å². The number of hydrogen-bond acceptors (Lipinski definition) is 1. The van der Waals surface area contributed by atoms with Crippen molar-refractivity contribution in [2.45, 2.75) is 9.79 Å². The van der Waals surface area contributed by atoms with Crippen molar-refractivity contribution < 1.29 is 32.7 Å². The fraction of sp³-hybridized carbons (Fsp3) is 0. The van der Waals surface area contributed by atoms with Crippen LogP contribution >= 0.6 is 11.8 Å². The largest absolute Gasteiger partial charge is 3.00 e. The molecule has 0 aromatic heterocycles. The molecule has 0 unspecified atom stereocenters. The van der Waals surface area contributed by atoms with Crippen molar-refractivity contribution in [2.24, 2.45) is 0 Å². The molecule has 0 saturated heterocycles. The SMILES string of the molecule is [Y+3].[c-]1ccccc1.[c-]1ccccc1Sc1[c-]cccc1. The first-order valence-electron chi connectivity index (χ1n) is 5.97. The van der Waals surface area contributed by atoms with Crippen LogP contribution in [-0.4, -0.2) is 0 Å². The van der Waals surface area contributed by atoms with Gasteiger partial charge in [-0.25, -0.2) is 0 Å². The van der Waals surface area contributed by atoms with Gasteiger partial charge in [-0.05, 0) is 0 Å². The third-order valence-corrected chi connectivity index (χ3v) is 3.14. The quantitative estimate of drug-likeness (QED) is 0.591. The Morgan fingerprint density at radius 2 is 1.10 bits per heavy atom. The van der Waals surface area contributed by atoms with Gasteiger partial charge < -0.3 is 0 Å². The maximum absolute atomic E-state index is 3.16. The Bertz CT molecular complexity index is 488. The maximum Gasteiger partial charge on any atom is 3.00 e. The van der Waals surface area contributed by atoms with E-state index in [9.17, 15) is 0 Å². The normalized spacial score (nSPS) is 8.80. The Morgan fingerprint density at radius 1 is 0.600 bits per heavy atom. The summed E-state index contributed by atoms with van der Waals surface area (Å²) in [5.41, 5.74) is 0. The van der Waals surface area contributed by atoms with Crippen LogP contribution < -0.4 is 0 Å². The van der Waals surface area contributed by atoms with Crippen molar-refractivity contribution in [2.75, 3.05) is 0 Å². The van der Waals surface area contributed by atoms with E-state index in [2.05, 4.69) is 18.2 Å². The molecule has 3 aromatic carbocycles. The van der Waals surface area contributed by atoms with Gasteiger partial charge in [0.15, 0.2) is 0 Å². The van der Waals surface area contributed by atoms with E-state index in [1.54, 1.807) is 11.8 Å². The predicted molar refractivity (Wildman–Crippen MR) is 80.0 cm³/mol. The van der Waals surface area contributed by atoms with Crippen molar-refractivity contribution in [1.29, 1.82) is 0 Å². The summed E-state index contributed by atoms with van der Waals surface area (Å²) in [7, 11) is 0. The molecule has 94 valence electrons. The Balaban J connectivity index is 0.000000243. The zero-order valence-electron chi connectivity index (χ0n) is 11.0. The monoisotopic (exact) mass is 350 g/mol. The first kappa shape index (κ1) is 17.2. The Kier molecular flexibility index (Phi) is 9.31. The smallest absolute Gasteiger partial charge is 0.184 e. The average Bonchev–Trinajstić information content (AvgIpc) is 2.52. The minimum atomic E-state index is 0. The summed E-state index contributed by atoms with van der Waals surface area (Å²) in [6.45, 7) is 0. The van der Waals surface area contributed by atoms with Gasteiger partial charge in [0.25, 0.3) is 0 Å². The molecule has 0 N–H and O–H groups in total. The van der Waals surface area contributed by atoms with Gasteiger partial charge >= 0.3 is 32.7 Å². The molecule has 3 aromatic rings. The van der Waals surface area contributed by atoms with Crippen LogP contribution in [0.3, 0.4) is 0 Å².